The van der Waals surface area contributed by atoms with Gasteiger partial charge in [-0.15, -0.1) is 12.4 Å². The molecule has 1 unspecified atom stereocenters. The van der Waals surface area contributed by atoms with E-state index in [9.17, 15) is 4.79 Å². The first kappa shape index (κ1) is 16.0. The molecule has 1 aromatic rings. The first-order chi connectivity index (χ1) is 8.61. The number of ether oxygens (including phenoxy) is 1. The predicted octanol–water partition coefficient (Wildman–Crippen LogP) is 1.59. The molecule has 19 heavy (non-hydrogen) atoms. The number of carbonyl (C=O) groups excluding carboxylic acids is 1. The van der Waals surface area contributed by atoms with Gasteiger partial charge in [-0.1, -0.05) is 0 Å². The maximum Gasteiger partial charge on any atom is 0.341 e. The van der Waals surface area contributed by atoms with Gasteiger partial charge in [0.15, 0.2) is 0 Å². The van der Waals surface area contributed by atoms with Crippen LogP contribution in [0, 0.1) is 6.92 Å². The molecule has 1 fully saturated rings. The fourth-order valence-electron chi connectivity index (χ4n) is 2.32. The van der Waals surface area contributed by atoms with E-state index >= 15 is 0 Å². The monoisotopic (exact) mass is 288 g/mol. The third-order valence-corrected chi connectivity index (χ3v) is 3.44. The van der Waals surface area contributed by atoms with Crippen LogP contribution in [0.25, 0.3) is 0 Å². The van der Waals surface area contributed by atoms with Crippen LogP contribution in [-0.4, -0.2) is 44.2 Å². The number of carbonyl (C=O) groups is 1. The molecule has 1 N–H and O–H groups in total. The fraction of sp³-hybridized carbons (Fsp3) is 0.615. The molecular formula is C13H21ClN2O3. The molecule has 1 aromatic heterocycles. The third-order valence-electron chi connectivity index (χ3n) is 3.44. The normalized spacial score (nSPS) is 18.4. The SMILES string of the molecule is COC(=O)c1cc(CN(C)C2CCNC2)oc1C.Cl. The second-order valence-corrected chi connectivity index (χ2v) is 4.74. The van der Waals surface area contributed by atoms with E-state index in [-0.39, 0.29) is 18.4 Å². The van der Waals surface area contributed by atoms with Gasteiger partial charge in [-0.25, -0.2) is 4.79 Å². The average molecular weight is 289 g/mol. The van der Waals surface area contributed by atoms with Crippen LogP contribution in [0.4, 0.5) is 0 Å². The molecule has 0 radical (unpaired) electrons. The average Bonchev–Trinajstić information content (AvgIpc) is 2.97. The number of likely N-dealkylation sites (N-methyl/N-ethyl adjacent to an activating group) is 1. The number of halogens is 1. The van der Waals surface area contributed by atoms with Crippen LogP contribution < -0.4 is 5.32 Å². The molecule has 5 nitrogen and oxygen atoms in total. The van der Waals surface area contributed by atoms with Crippen molar-refractivity contribution in [3.05, 3.63) is 23.2 Å². The Bertz CT molecular complexity index is 428. The topological polar surface area (TPSA) is 54.7 Å². The van der Waals surface area contributed by atoms with Gasteiger partial charge in [0.25, 0.3) is 0 Å². The quantitative estimate of drug-likeness (QED) is 0.853. The highest BCUT2D eigenvalue weighted by atomic mass is 35.5. The van der Waals surface area contributed by atoms with E-state index in [1.54, 1.807) is 13.0 Å². The van der Waals surface area contributed by atoms with Gasteiger partial charge in [0, 0.05) is 12.6 Å². The van der Waals surface area contributed by atoms with Crippen LogP contribution in [-0.2, 0) is 11.3 Å². The number of aryl methyl sites for hydroxylation is 1. The summed E-state index contributed by atoms with van der Waals surface area (Å²) in [7, 11) is 3.46. The molecule has 2 heterocycles. The Hall–Kier alpha value is -1.04. The molecule has 108 valence electrons. The van der Waals surface area contributed by atoms with E-state index < -0.39 is 0 Å². The zero-order chi connectivity index (χ0) is 13.1. The van der Waals surface area contributed by atoms with E-state index in [4.69, 9.17) is 9.15 Å². The molecule has 0 aromatic carbocycles. The minimum Gasteiger partial charge on any atom is -0.465 e. The maximum atomic E-state index is 11.5. The van der Waals surface area contributed by atoms with Crippen LogP contribution in [0.15, 0.2) is 10.5 Å². The summed E-state index contributed by atoms with van der Waals surface area (Å²) < 4.78 is 10.3. The number of furan rings is 1. The van der Waals surface area contributed by atoms with Crippen LogP contribution in [0.1, 0.15) is 28.3 Å². The first-order valence-electron chi connectivity index (χ1n) is 6.20. The number of nitrogens with zero attached hydrogens (tertiary/aromatic N) is 1. The number of nitrogens with one attached hydrogen (secondary N) is 1. The van der Waals surface area contributed by atoms with Crippen LogP contribution in [0.2, 0.25) is 0 Å². The first-order valence-corrected chi connectivity index (χ1v) is 6.20. The Morgan fingerprint density at radius 1 is 1.63 bits per heavy atom. The van der Waals surface area contributed by atoms with Crippen LogP contribution >= 0.6 is 12.4 Å². The number of rotatable bonds is 4. The number of hydrogen-bond acceptors (Lipinski definition) is 5. The van der Waals surface area contributed by atoms with E-state index in [1.165, 1.54) is 7.11 Å². The molecular weight excluding hydrogens is 268 g/mol. The van der Waals surface area contributed by atoms with E-state index in [1.807, 2.05) is 0 Å². The Kier molecular flexibility index (Phi) is 5.85. The highest BCUT2D eigenvalue weighted by Gasteiger charge is 2.21. The molecule has 1 saturated heterocycles. The van der Waals surface area contributed by atoms with Crippen molar-refractivity contribution in [2.45, 2.75) is 25.9 Å². The number of esters is 1. The lowest BCUT2D eigenvalue weighted by Gasteiger charge is -2.21. The van der Waals surface area contributed by atoms with Gasteiger partial charge in [-0.05, 0) is 33.0 Å². The zero-order valence-corrected chi connectivity index (χ0v) is 12.4. The van der Waals surface area contributed by atoms with Gasteiger partial charge in [-0.2, -0.15) is 0 Å². The Labute approximate surface area is 119 Å². The largest absolute Gasteiger partial charge is 0.465 e. The molecule has 1 aliphatic heterocycles. The lowest BCUT2D eigenvalue weighted by molar-refractivity contribution is 0.0599. The molecule has 0 spiro atoms. The van der Waals surface area contributed by atoms with Gasteiger partial charge in [0.2, 0.25) is 0 Å². The van der Waals surface area contributed by atoms with Gasteiger partial charge >= 0.3 is 5.97 Å². The summed E-state index contributed by atoms with van der Waals surface area (Å²) in [5, 5.41) is 3.34. The van der Waals surface area contributed by atoms with Crippen molar-refractivity contribution in [1.29, 1.82) is 0 Å². The van der Waals surface area contributed by atoms with Crippen molar-refractivity contribution in [3.8, 4) is 0 Å². The summed E-state index contributed by atoms with van der Waals surface area (Å²) in [6, 6.07) is 2.32. The van der Waals surface area contributed by atoms with Crippen LogP contribution in [0.3, 0.4) is 0 Å². The Morgan fingerprint density at radius 3 is 2.95 bits per heavy atom. The van der Waals surface area contributed by atoms with Gasteiger partial charge in [0.1, 0.15) is 17.1 Å². The van der Waals surface area contributed by atoms with Crippen molar-refractivity contribution in [1.82, 2.24) is 10.2 Å². The molecule has 0 aliphatic carbocycles. The minimum atomic E-state index is -0.340. The van der Waals surface area contributed by atoms with Crippen molar-refractivity contribution in [3.63, 3.8) is 0 Å². The Balaban J connectivity index is 0.00000180. The second kappa shape index (κ2) is 6.93. The number of methoxy groups -OCH3 is 1. The van der Waals surface area contributed by atoms with Crippen molar-refractivity contribution >= 4 is 18.4 Å². The van der Waals surface area contributed by atoms with E-state index in [0.29, 0.717) is 23.9 Å². The minimum absolute atomic E-state index is 0. The third kappa shape index (κ3) is 3.72. The smallest absolute Gasteiger partial charge is 0.341 e. The second-order valence-electron chi connectivity index (χ2n) is 4.74. The lowest BCUT2D eigenvalue weighted by Crippen LogP contribution is -2.32. The Morgan fingerprint density at radius 2 is 2.37 bits per heavy atom. The molecule has 0 amide bonds. The van der Waals surface area contributed by atoms with E-state index in [2.05, 4.69) is 17.3 Å². The highest BCUT2D eigenvalue weighted by molar-refractivity contribution is 5.90. The summed E-state index contributed by atoms with van der Waals surface area (Å²) in [6.45, 7) is 4.58. The van der Waals surface area contributed by atoms with Gasteiger partial charge < -0.3 is 14.5 Å². The summed E-state index contributed by atoms with van der Waals surface area (Å²) >= 11 is 0. The predicted molar refractivity (Wildman–Crippen MR) is 74.8 cm³/mol. The van der Waals surface area contributed by atoms with Gasteiger partial charge in [-0.3, -0.25) is 4.90 Å². The molecule has 0 bridgehead atoms. The van der Waals surface area contributed by atoms with Crippen molar-refractivity contribution in [2.24, 2.45) is 0 Å². The maximum absolute atomic E-state index is 11.5. The van der Waals surface area contributed by atoms with Crippen LogP contribution in [0.5, 0.6) is 0 Å². The fourth-order valence-corrected chi connectivity index (χ4v) is 2.32. The lowest BCUT2D eigenvalue weighted by atomic mass is 10.2. The van der Waals surface area contributed by atoms with Gasteiger partial charge in [0.05, 0.1) is 13.7 Å². The standard InChI is InChI=1S/C13H20N2O3.ClH/c1-9-12(13(16)17-3)6-11(18-9)8-15(2)10-4-5-14-7-10;/h6,10,14H,4-5,7-8H2,1-3H3;1H. The zero-order valence-electron chi connectivity index (χ0n) is 11.6. The molecule has 0 saturated carbocycles. The molecule has 1 atom stereocenters. The molecule has 6 heteroatoms. The van der Waals surface area contributed by atoms with E-state index in [0.717, 1.165) is 25.3 Å². The summed E-state index contributed by atoms with van der Waals surface area (Å²) in [5.41, 5.74) is 0.519. The van der Waals surface area contributed by atoms with Crippen molar-refractivity contribution in [2.75, 3.05) is 27.2 Å². The highest BCUT2D eigenvalue weighted by Crippen LogP contribution is 2.18. The molecule has 2 rings (SSSR count). The molecule has 1 aliphatic rings. The van der Waals surface area contributed by atoms with Crippen molar-refractivity contribution < 1.29 is 13.9 Å². The summed E-state index contributed by atoms with van der Waals surface area (Å²) in [6.07, 6.45) is 1.15. The summed E-state index contributed by atoms with van der Waals surface area (Å²) in [4.78, 5) is 13.7. The summed E-state index contributed by atoms with van der Waals surface area (Å²) in [5.74, 6) is 1.09. The number of hydrogen-bond donors (Lipinski definition) is 1.